The van der Waals surface area contributed by atoms with Gasteiger partial charge in [0.15, 0.2) is 0 Å². The molecule has 0 aliphatic carbocycles. The topological polar surface area (TPSA) is 106 Å². The highest BCUT2D eigenvalue weighted by molar-refractivity contribution is 6.09. The van der Waals surface area contributed by atoms with E-state index in [1.165, 1.54) is 23.8 Å². The van der Waals surface area contributed by atoms with Crippen molar-refractivity contribution in [2.75, 3.05) is 0 Å². The fourth-order valence-corrected chi connectivity index (χ4v) is 9.26. The largest absolute Gasteiger partial charge is 0.456 e. The second kappa shape index (κ2) is 20.7. The minimum absolute atomic E-state index is 0.149. The Balaban J connectivity index is 1.10. The molecule has 0 bridgehead atoms. The predicted molar refractivity (Wildman–Crippen MR) is 283 cm³/mol. The molecule has 0 amide bonds. The lowest BCUT2D eigenvalue weighted by Crippen LogP contribution is -2.02. The maximum Gasteiger partial charge on any atom is 0.237 e. The summed E-state index contributed by atoms with van der Waals surface area (Å²) in [5.41, 5.74) is 10.6. The average Bonchev–Trinajstić information content (AvgIpc) is 3.70. The third-order valence-corrected chi connectivity index (χ3v) is 12.6. The molecule has 0 saturated heterocycles. The number of hydrogen-bond acceptors (Lipinski definition) is 9. The molecule has 0 unspecified atom stereocenters. The van der Waals surface area contributed by atoms with Crippen LogP contribution in [-0.2, 0) is 12.8 Å². The van der Waals surface area contributed by atoms with Crippen LogP contribution in [0.25, 0.3) is 50.0 Å². The van der Waals surface area contributed by atoms with E-state index in [0.29, 0.717) is 52.2 Å². The normalized spacial score (nSPS) is 11.4. The monoisotopic (exact) mass is 936 g/mol. The van der Waals surface area contributed by atoms with E-state index in [2.05, 4.69) is 139 Å². The van der Waals surface area contributed by atoms with E-state index >= 15 is 0 Å². The van der Waals surface area contributed by atoms with Crippen LogP contribution in [0, 0.1) is 0 Å². The smallest absolute Gasteiger partial charge is 0.237 e. The van der Waals surface area contributed by atoms with Gasteiger partial charge in [-0.2, -0.15) is 0 Å². The molecular formula is C61H56N6O4. The first-order chi connectivity index (χ1) is 34.7. The van der Waals surface area contributed by atoms with Crippen molar-refractivity contribution >= 4 is 21.8 Å². The summed E-state index contributed by atoms with van der Waals surface area (Å²) in [6, 6.07) is 49.3. The van der Waals surface area contributed by atoms with Crippen LogP contribution in [0.2, 0.25) is 0 Å². The number of fused-ring (bicyclic) bond motifs is 3. The molecule has 71 heavy (non-hydrogen) atoms. The molecule has 0 aliphatic heterocycles. The van der Waals surface area contributed by atoms with E-state index in [1.54, 1.807) is 12.4 Å². The Hall–Kier alpha value is -8.37. The molecule has 0 saturated carbocycles. The predicted octanol–water partition coefficient (Wildman–Crippen LogP) is 16.4. The van der Waals surface area contributed by atoms with E-state index < -0.39 is 0 Å². The lowest BCUT2D eigenvalue weighted by atomic mass is 9.90. The van der Waals surface area contributed by atoms with E-state index in [9.17, 15) is 0 Å². The zero-order valence-corrected chi connectivity index (χ0v) is 41.0. The highest BCUT2D eigenvalue weighted by Gasteiger charge is 2.23. The van der Waals surface area contributed by atoms with Crippen molar-refractivity contribution in [2.45, 2.75) is 79.1 Å². The zero-order chi connectivity index (χ0) is 48.8. The van der Waals surface area contributed by atoms with Gasteiger partial charge < -0.3 is 18.9 Å². The molecule has 10 rings (SSSR count). The molecule has 0 N–H and O–H groups in total. The lowest BCUT2D eigenvalue weighted by molar-refractivity contribution is 0.448. The van der Waals surface area contributed by atoms with Crippen LogP contribution in [-0.4, -0.2) is 29.5 Å². The zero-order valence-electron chi connectivity index (χ0n) is 41.0. The summed E-state index contributed by atoms with van der Waals surface area (Å²) in [6.07, 6.45) is 10.7. The number of ether oxygens (including phenoxy) is 4. The Morgan fingerprint density at radius 2 is 0.901 bits per heavy atom. The summed E-state index contributed by atoms with van der Waals surface area (Å²) in [6.45, 7) is 13.2. The quantitative estimate of drug-likeness (QED) is 0.0882. The summed E-state index contributed by atoms with van der Waals surface area (Å²) in [5.74, 6) is 5.59. The third kappa shape index (κ3) is 10.1. The van der Waals surface area contributed by atoms with Crippen LogP contribution in [0.1, 0.15) is 88.5 Å². The Kier molecular flexibility index (Phi) is 13.5. The van der Waals surface area contributed by atoms with Gasteiger partial charge in [-0.25, -0.2) is 24.9 Å². The van der Waals surface area contributed by atoms with Crippen LogP contribution in [0.5, 0.6) is 46.3 Å². The Morgan fingerprint density at radius 3 is 1.30 bits per heavy atom. The van der Waals surface area contributed by atoms with Gasteiger partial charge in [-0.15, -0.1) is 0 Å². The number of rotatable bonds is 17. The summed E-state index contributed by atoms with van der Waals surface area (Å²) in [5, 5.41) is 1.98. The number of hydrogen-bond donors (Lipinski definition) is 0. The van der Waals surface area contributed by atoms with Gasteiger partial charge in [-0.05, 0) is 107 Å². The minimum Gasteiger partial charge on any atom is -0.456 e. The maximum absolute atomic E-state index is 7.06. The third-order valence-electron chi connectivity index (χ3n) is 12.6. The van der Waals surface area contributed by atoms with Gasteiger partial charge in [-0.3, -0.25) is 4.57 Å². The number of benzene rings is 6. The van der Waals surface area contributed by atoms with E-state index in [1.807, 2.05) is 77.4 Å². The number of aromatic nitrogens is 6. The second-order valence-corrected chi connectivity index (χ2v) is 18.4. The first kappa shape index (κ1) is 46.4. The van der Waals surface area contributed by atoms with Gasteiger partial charge in [-0.1, -0.05) is 115 Å². The molecule has 0 atom stereocenters. The van der Waals surface area contributed by atoms with Gasteiger partial charge in [0.2, 0.25) is 17.7 Å². The van der Waals surface area contributed by atoms with E-state index in [-0.39, 0.29) is 11.8 Å². The highest BCUT2D eigenvalue weighted by atomic mass is 16.5. The summed E-state index contributed by atoms with van der Waals surface area (Å²) >= 11 is 0. The molecule has 10 nitrogen and oxygen atoms in total. The van der Waals surface area contributed by atoms with Crippen LogP contribution < -0.4 is 18.9 Å². The van der Waals surface area contributed by atoms with Gasteiger partial charge >= 0.3 is 0 Å². The molecule has 6 aromatic carbocycles. The Labute approximate surface area is 415 Å². The molecule has 10 aromatic rings. The summed E-state index contributed by atoms with van der Waals surface area (Å²) in [4.78, 5) is 22.4. The van der Waals surface area contributed by atoms with Crippen molar-refractivity contribution in [3.05, 3.63) is 193 Å². The van der Waals surface area contributed by atoms with Crippen LogP contribution in [0.4, 0.5) is 0 Å². The molecular weight excluding hydrogens is 881 g/mol. The molecule has 4 aromatic heterocycles. The van der Waals surface area contributed by atoms with Gasteiger partial charge in [0.05, 0.1) is 11.0 Å². The lowest BCUT2D eigenvalue weighted by Gasteiger charge is -2.20. The summed E-state index contributed by atoms with van der Waals surface area (Å²) < 4.78 is 28.9. The van der Waals surface area contributed by atoms with E-state index in [0.717, 1.165) is 80.9 Å². The molecule has 354 valence electrons. The number of pyridine rings is 2. The minimum atomic E-state index is 0.149. The maximum atomic E-state index is 7.06. The molecule has 4 heterocycles. The van der Waals surface area contributed by atoms with Crippen LogP contribution in [0.3, 0.4) is 0 Å². The van der Waals surface area contributed by atoms with Crippen molar-refractivity contribution < 1.29 is 18.9 Å². The fourth-order valence-electron chi connectivity index (χ4n) is 9.26. The highest BCUT2D eigenvalue weighted by Crippen LogP contribution is 2.46. The fraction of sp³-hybridized carbons (Fsp3) is 0.197. The van der Waals surface area contributed by atoms with Gasteiger partial charge in [0.1, 0.15) is 47.2 Å². The Morgan fingerprint density at radius 1 is 0.451 bits per heavy atom. The van der Waals surface area contributed by atoms with Crippen molar-refractivity contribution in [3.63, 3.8) is 0 Å². The summed E-state index contributed by atoms with van der Waals surface area (Å²) in [7, 11) is 0. The molecule has 0 aliphatic rings. The van der Waals surface area contributed by atoms with Crippen molar-refractivity contribution in [3.8, 4) is 74.5 Å². The molecule has 0 radical (unpaired) electrons. The van der Waals surface area contributed by atoms with Crippen molar-refractivity contribution in [1.82, 2.24) is 29.5 Å². The standard InChI is InChI=1S/C61H56N6O4/c1-7-13-41-17-21-43(22-18-41)59-51(39(3)4)31-47(70-57-15-9-11-29-63-57)35-55(59)68-45-25-27-49-50-28-26-46(34-54(50)67(53(49)33-45)61-65-37-62-38-66-61)69-56-36-48(71-58-16-10-12-30-64-58)32-52(40(5)6)60(56)44-23-19-42(14-8-2)20-24-44/h9-12,15-40H,7-8,13-14H2,1-6H3. The first-order valence-electron chi connectivity index (χ1n) is 24.5. The van der Waals surface area contributed by atoms with Crippen LogP contribution in [0.15, 0.2) is 171 Å². The number of aryl methyl sites for hydroxylation is 2. The Bertz CT molecular complexity index is 3220. The van der Waals surface area contributed by atoms with Gasteiger partial charge in [0, 0.05) is 70.7 Å². The second-order valence-electron chi connectivity index (χ2n) is 18.4. The van der Waals surface area contributed by atoms with Crippen molar-refractivity contribution in [1.29, 1.82) is 0 Å². The average molecular weight is 937 g/mol. The van der Waals surface area contributed by atoms with E-state index in [4.69, 9.17) is 18.9 Å². The van der Waals surface area contributed by atoms with Crippen molar-refractivity contribution in [2.24, 2.45) is 0 Å². The van der Waals surface area contributed by atoms with Crippen LogP contribution >= 0.6 is 0 Å². The van der Waals surface area contributed by atoms with Gasteiger partial charge in [0.25, 0.3) is 0 Å². The molecule has 10 heteroatoms. The molecule has 0 spiro atoms. The SMILES string of the molecule is CCCc1ccc(-c2c(Oc3ccc4c5ccc(Oc6cc(Oc7ccccn7)cc(C(C)C)c6-c6ccc(CCC)cc6)cc5n(-c5ncncn5)c4c3)cc(Oc3ccccn3)cc2C(C)C)cc1. The molecule has 0 fully saturated rings. The number of nitrogens with zero attached hydrogens (tertiary/aromatic N) is 6. The first-order valence-corrected chi connectivity index (χ1v) is 24.5.